The molecule has 0 aliphatic carbocycles. The van der Waals surface area contributed by atoms with Gasteiger partial charge >= 0.3 is 5.97 Å². The number of rotatable bonds is 3. The number of aromatic nitrogens is 1. The second kappa shape index (κ2) is 5.50. The highest BCUT2D eigenvalue weighted by Crippen LogP contribution is 2.30. The summed E-state index contributed by atoms with van der Waals surface area (Å²) in [5.74, 6) is -0.335. The van der Waals surface area contributed by atoms with Crippen LogP contribution in [-0.4, -0.2) is 17.6 Å². The lowest BCUT2D eigenvalue weighted by Gasteiger charge is -2.06. The van der Waals surface area contributed by atoms with Gasteiger partial charge in [-0.3, -0.25) is 4.98 Å². The number of nitrogens with zero attached hydrogens (tertiary/aromatic N) is 1. The third kappa shape index (κ3) is 2.71. The Kier molecular flexibility index (Phi) is 3.99. The second-order valence-corrected chi connectivity index (χ2v) is 5.37. The van der Waals surface area contributed by atoms with E-state index in [9.17, 15) is 4.79 Å². The Morgan fingerprint density at radius 3 is 2.72 bits per heavy atom. The Morgan fingerprint density at radius 2 is 2.17 bits per heavy atom. The van der Waals surface area contributed by atoms with Crippen LogP contribution in [0, 0.1) is 6.92 Å². The molecule has 0 saturated heterocycles. The molecule has 94 valence electrons. The van der Waals surface area contributed by atoms with E-state index < -0.39 is 0 Å². The van der Waals surface area contributed by atoms with Gasteiger partial charge in [-0.25, -0.2) is 4.79 Å². The van der Waals surface area contributed by atoms with Crippen molar-refractivity contribution in [1.29, 1.82) is 0 Å². The molecule has 5 heteroatoms. The molecule has 0 amide bonds. The molecule has 2 aromatic heterocycles. The van der Waals surface area contributed by atoms with Crippen molar-refractivity contribution in [2.24, 2.45) is 0 Å². The maximum Gasteiger partial charge on any atom is 0.339 e. The van der Waals surface area contributed by atoms with Crippen LogP contribution in [0.25, 0.3) is 10.6 Å². The summed E-state index contributed by atoms with van der Waals surface area (Å²) in [6, 6.07) is 7.29. The number of hydrogen-bond donors (Lipinski definition) is 0. The van der Waals surface area contributed by atoms with Gasteiger partial charge in [-0.2, -0.15) is 0 Å². The molecule has 0 spiro atoms. The molecule has 2 heterocycles. The monoisotopic (exact) mass is 281 g/mol. The molecule has 3 nitrogen and oxygen atoms in total. The maximum absolute atomic E-state index is 11.6. The summed E-state index contributed by atoms with van der Waals surface area (Å²) in [5.41, 5.74) is 1.98. The lowest BCUT2D eigenvalue weighted by Crippen LogP contribution is -2.07. The number of pyridine rings is 1. The molecule has 0 aliphatic rings. The largest absolute Gasteiger partial charge is 0.462 e. The molecule has 0 aliphatic heterocycles. The van der Waals surface area contributed by atoms with E-state index in [1.54, 1.807) is 26.0 Å². The molecular weight excluding hydrogens is 270 g/mol. The molecule has 0 aromatic carbocycles. The van der Waals surface area contributed by atoms with Gasteiger partial charge in [0.1, 0.15) is 0 Å². The van der Waals surface area contributed by atoms with Crippen LogP contribution >= 0.6 is 22.9 Å². The van der Waals surface area contributed by atoms with Crippen LogP contribution < -0.4 is 0 Å². The third-order valence-corrected chi connectivity index (χ3v) is 3.66. The lowest BCUT2D eigenvalue weighted by molar-refractivity contribution is 0.0525. The molecule has 0 atom stereocenters. The van der Waals surface area contributed by atoms with Gasteiger partial charge in [0.2, 0.25) is 0 Å². The zero-order chi connectivity index (χ0) is 13.1. The minimum absolute atomic E-state index is 0.335. The Bertz CT molecular complexity index is 580. The molecule has 0 N–H and O–H groups in total. The predicted molar refractivity (Wildman–Crippen MR) is 73.3 cm³/mol. The molecular formula is C13H12ClNO2S. The molecule has 18 heavy (non-hydrogen) atoms. The fourth-order valence-electron chi connectivity index (χ4n) is 1.57. The Labute approximate surface area is 114 Å². The average Bonchev–Trinajstić information content (AvgIpc) is 2.76. The number of esters is 1. The third-order valence-electron chi connectivity index (χ3n) is 2.41. The number of carbonyl (C=O) groups is 1. The zero-order valence-corrected chi connectivity index (χ0v) is 11.6. The van der Waals surface area contributed by atoms with Crippen molar-refractivity contribution in [2.75, 3.05) is 6.61 Å². The van der Waals surface area contributed by atoms with Crippen LogP contribution in [0.4, 0.5) is 0 Å². The summed E-state index contributed by atoms with van der Waals surface area (Å²) in [7, 11) is 0. The van der Waals surface area contributed by atoms with Gasteiger partial charge in [-0.15, -0.1) is 11.3 Å². The summed E-state index contributed by atoms with van der Waals surface area (Å²) in [4.78, 5) is 17.0. The lowest BCUT2D eigenvalue weighted by atomic mass is 10.2. The number of aryl methyl sites for hydroxylation is 1. The minimum Gasteiger partial charge on any atom is -0.462 e. The molecule has 0 unspecified atom stereocenters. The Balaban J connectivity index is 2.33. The van der Waals surface area contributed by atoms with Crippen LogP contribution in [0.2, 0.25) is 4.34 Å². The van der Waals surface area contributed by atoms with E-state index in [-0.39, 0.29) is 5.97 Å². The highest BCUT2D eigenvalue weighted by atomic mass is 35.5. The van der Waals surface area contributed by atoms with Crippen molar-refractivity contribution in [3.05, 3.63) is 39.9 Å². The van der Waals surface area contributed by atoms with E-state index in [0.29, 0.717) is 17.9 Å². The van der Waals surface area contributed by atoms with E-state index in [1.807, 2.05) is 12.1 Å². The highest BCUT2D eigenvalue weighted by molar-refractivity contribution is 7.19. The van der Waals surface area contributed by atoms with Crippen LogP contribution in [-0.2, 0) is 4.74 Å². The summed E-state index contributed by atoms with van der Waals surface area (Å²) in [5, 5.41) is 0. The van der Waals surface area contributed by atoms with Crippen molar-refractivity contribution in [3.63, 3.8) is 0 Å². The van der Waals surface area contributed by atoms with Gasteiger partial charge in [0.15, 0.2) is 0 Å². The first-order valence-electron chi connectivity index (χ1n) is 5.52. The molecule has 0 bridgehead atoms. The Morgan fingerprint density at radius 1 is 1.39 bits per heavy atom. The van der Waals surface area contributed by atoms with Crippen LogP contribution in [0.5, 0.6) is 0 Å². The van der Waals surface area contributed by atoms with Crippen LogP contribution in [0.15, 0.2) is 24.3 Å². The van der Waals surface area contributed by atoms with Crippen molar-refractivity contribution in [1.82, 2.24) is 4.98 Å². The number of ether oxygens (including phenoxy) is 1. The van der Waals surface area contributed by atoms with E-state index in [2.05, 4.69) is 4.98 Å². The molecule has 0 radical (unpaired) electrons. The quantitative estimate of drug-likeness (QED) is 0.800. The summed E-state index contributed by atoms with van der Waals surface area (Å²) < 4.78 is 5.68. The smallest absolute Gasteiger partial charge is 0.339 e. The Hall–Kier alpha value is -1.39. The van der Waals surface area contributed by atoms with E-state index in [1.165, 1.54) is 11.3 Å². The predicted octanol–water partition coefficient (Wildman–Crippen LogP) is 3.95. The van der Waals surface area contributed by atoms with Crippen molar-refractivity contribution < 1.29 is 9.53 Å². The number of carbonyl (C=O) groups excluding carboxylic acids is 1. The normalized spacial score (nSPS) is 10.4. The summed E-state index contributed by atoms with van der Waals surface area (Å²) in [6.07, 6.45) is 0. The topological polar surface area (TPSA) is 39.2 Å². The van der Waals surface area contributed by atoms with Crippen molar-refractivity contribution >= 4 is 28.9 Å². The average molecular weight is 282 g/mol. The molecule has 0 saturated carbocycles. The van der Waals surface area contributed by atoms with E-state index in [4.69, 9.17) is 16.3 Å². The number of thiophene rings is 1. The first kappa shape index (κ1) is 13.1. The van der Waals surface area contributed by atoms with Gasteiger partial charge < -0.3 is 4.74 Å². The first-order valence-corrected chi connectivity index (χ1v) is 6.71. The molecule has 2 aromatic rings. The van der Waals surface area contributed by atoms with Gasteiger partial charge in [0.05, 0.1) is 32.8 Å². The van der Waals surface area contributed by atoms with Gasteiger partial charge in [-0.05, 0) is 38.1 Å². The van der Waals surface area contributed by atoms with Crippen molar-refractivity contribution in [3.8, 4) is 10.6 Å². The number of halogens is 1. The van der Waals surface area contributed by atoms with Crippen molar-refractivity contribution in [2.45, 2.75) is 13.8 Å². The minimum atomic E-state index is -0.335. The fourth-order valence-corrected chi connectivity index (χ4v) is 2.59. The summed E-state index contributed by atoms with van der Waals surface area (Å²) >= 11 is 7.35. The van der Waals surface area contributed by atoms with Gasteiger partial charge in [0, 0.05) is 0 Å². The van der Waals surface area contributed by atoms with E-state index in [0.717, 1.165) is 14.9 Å². The van der Waals surface area contributed by atoms with Gasteiger partial charge in [0.25, 0.3) is 0 Å². The maximum atomic E-state index is 11.6. The second-order valence-electron chi connectivity index (χ2n) is 3.65. The van der Waals surface area contributed by atoms with Crippen LogP contribution in [0.1, 0.15) is 23.0 Å². The molecule has 0 fully saturated rings. The zero-order valence-electron chi connectivity index (χ0n) is 10.1. The standard InChI is InChI=1S/C13H12ClNO2S/c1-3-17-13(16)9-4-5-10(15-8(9)2)11-6-7-12(14)18-11/h4-7H,3H2,1-2H3. The van der Waals surface area contributed by atoms with Crippen LogP contribution in [0.3, 0.4) is 0 Å². The highest BCUT2D eigenvalue weighted by Gasteiger charge is 2.12. The fraction of sp³-hybridized carbons (Fsp3) is 0.231. The van der Waals surface area contributed by atoms with Gasteiger partial charge in [-0.1, -0.05) is 11.6 Å². The SMILES string of the molecule is CCOC(=O)c1ccc(-c2ccc(Cl)s2)nc1C. The molecule has 2 rings (SSSR count). The summed E-state index contributed by atoms with van der Waals surface area (Å²) in [6.45, 7) is 3.94. The van der Waals surface area contributed by atoms with E-state index >= 15 is 0 Å². The first-order chi connectivity index (χ1) is 8.61. The number of hydrogen-bond acceptors (Lipinski definition) is 4.